The topological polar surface area (TPSA) is 81.0 Å². The number of hydrogen-bond donors (Lipinski definition) is 1. The van der Waals surface area contributed by atoms with E-state index in [1.54, 1.807) is 35.4 Å². The van der Waals surface area contributed by atoms with Crippen LogP contribution in [0, 0.1) is 5.92 Å². The number of ether oxygens (including phenoxy) is 2. The summed E-state index contributed by atoms with van der Waals surface area (Å²) in [7, 11) is 0. The Morgan fingerprint density at radius 1 is 1.25 bits per heavy atom. The molecular formula is C17H16N2O5. The Morgan fingerprint density at radius 2 is 2.12 bits per heavy atom. The lowest BCUT2D eigenvalue weighted by Gasteiger charge is -2.15. The van der Waals surface area contributed by atoms with Crippen molar-refractivity contribution >= 4 is 17.5 Å². The van der Waals surface area contributed by atoms with Gasteiger partial charge in [-0.2, -0.15) is 0 Å². The van der Waals surface area contributed by atoms with Crippen molar-refractivity contribution in [2.24, 2.45) is 5.92 Å². The highest BCUT2D eigenvalue weighted by Gasteiger charge is 2.34. The summed E-state index contributed by atoms with van der Waals surface area (Å²) in [6, 6.07) is 8.81. The fourth-order valence-electron chi connectivity index (χ4n) is 2.91. The predicted molar refractivity (Wildman–Crippen MR) is 83.4 cm³/mol. The molecule has 1 fully saturated rings. The zero-order valence-corrected chi connectivity index (χ0v) is 12.9. The van der Waals surface area contributed by atoms with Gasteiger partial charge in [-0.05, 0) is 24.3 Å². The third kappa shape index (κ3) is 2.80. The van der Waals surface area contributed by atoms with Crippen molar-refractivity contribution in [3.8, 4) is 11.5 Å². The molecule has 1 aromatic carbocycles. The summed E-state index contributed by atoms with van der Waals surface area (Å²) in [6.45, 7) is 0.959. The average molecular weight is 328 g/mol. The van der Waals surface area contributed by atoms with Crippen molar-refractivity contribution in [3.05, 3.63) is 42.4 Å². The number of likely N-dealkylation sites (tertiary alicyclic amines) is 1. The normalized spacial score (nSPS) is 18.9. The highest BCUT2D eigenvalue weighted by Crippen LogP contribution is 2.34. The molecule has 2 aliphatic rings. The molecule has 2 aromatic rings. The van der Waals surface area contributed by atoms with Crippen LogP contribution in [0.4, 0.5) is 5.69 Å². The molecule has 0 saturated carbocycles. The molecule has 0 bridgehead atoms. The number of rotatable bonds is 4. The summed E-state index contributed by atoms with van der Waals surface area (Å²) in [5.41, 5.74) is 0.626. The Bertz CT molecular complexity index is 771. The molecule has 0 aliphatic carbocycles. The van der Waals surface area contributed by atoms with Gasteiger partial charge in [0, 0.05) is 24.7 Å². The van der Waals surface area contributed by atoms with Crippen LogP contribution in [0.5, 0.6) is 11.5 Å². The van der Waals surface area contributed by atoms with Crippen LogP contribution in [-0.2, 0) is 16.1 Å². The van der Waals surface area contributed by atoms with Crippen molar-refractivity contribution in [2.75, 3.05) is 18.7 Å². The molecule has 1 saturated heterocycles. The van der Waals surface area contributed by atoms with Crippen LogP contribution in [0.1, 0.15) is 12.2 Å². The minimum Gasteiger partial charge on any atom is -0.467 e. The van der Waals surface area contributed by atoms with Crippen molar-refractivity contribution in [2.45, 2.75) is 13.0 Å². The number of fused-ring (bicyclic) bond motifs is 1. The van der Waals surface area contributed by atoms with E-state index in [4.69, 9.17) is 13.9 Å². The van der Waals surface area contributed by atoms with Crippen LogP contribution in [0.2, 0.25) is 0 Å². The van der Waals surface area contributed by atoms with E-state index in [1.807, 2.05) is 6.07 Å². The first-order chi connectivity index (χ1) is 11.7. The van der Waals surface area contributed by atoms with Gasteiger partial charge in [0.15, 0.2) is 11.5 Å². The van der Waals surface area contributed by atoms with Crippen molar-refractivity contribution in [1.82, 2.24) is 4.90 Å². The Balaban J connectivity index is 1.39. The first-order valence-electron chi connectivity index (χ1n) is 7.70. The predicted octanol–water partition coefficient (Wildman–Crippen LogP) is 2.00. The molecule has 24 heavy (non-hydrogen) atoms. The molecule has 1 aromatic heterocycles. The van der Waals surface area contributed by atoms with Crippen LogP contribution in [0.25, 0.3) is 0 Å². The van der Waals surface area contributed by atoms with Gasteiger partial charge < -0.3 is 24.1 Å². The number of furan rings is 1. The summed E-state index contributed by atoms with van der Waals surface area (Å²) in [4.78, 5) is 26.2. The molecule has 3 heterocycles. The molecule has 7 nitrogen and oxygen atoms in total. The molecule has 4 rings (SSSR count). The summed E-state index contributed by atoms with van der Waals surface area (Å²) >= 11 is 0. The quantitative estimate of drug-likeness (QED) is 0.928. The maximum Gasteiger partial charge on any atom is 0.231 e. The first-order valence-corrected chi connectivity index (χ1v) is 7.70. The second kappa shape index (κ2) is 5.92. The molecule has 1 atom stereocenters. The standard InChI is InChI=1S/C17H16N2O5/c20-16-6-11(8-19(16)9-13-2-1-5-22-13)17(21)18-12-3-4-14-15(7-12)24-10-23-14/h1-5,7,11H,6,8-10H2,(H,18,21). The highest BCUT2D eigenvalue weighted by atomic mass is 16.7. The first kappa shape index (κ1) is 14.6. The molecule has 0 radical (unpaired) electrons. The third-order valence-corrected chi connectivity index (χ3v) is 4.15. The van der Waals surface area contributed by atoms with Gasteiger partial charge in [-0.1, -0.05) is 0 Å². The summed E-state index contributed by atoms with van der Waals surface area (Å²) in [5, 5.41) is 2.84. The maximum absolute atomic E-state index is 12.4. The van der Waals surface area contributed by atoms with Crippen LogP contribution in [0.3, 0.4) is 0 Å². The number of carbonyl (C=O) groups is 2. The lowest BCUT2D eigenvalue weighted by atomic mass is 10.1. The number of hydrogen-bond acceptors (Lipinski definition) is 5. The van der Waals surface area contributed by atoms with Gasteiger partial charge in [0.05, 0.1) is 18.7 Å². The fraction of sp³-hybridized carbons (Fsp3) is 0.294. The smallest absolute Gasteiger partial charge is 0.231 e. The summed E-state index contributed by atoms with van der Waals surface area (Å²) < 4.78 is 15.8. The van der Waals surface area contributed by atoms with Crippen LogP contribution >= 0.6 is 0 Å². The monoisotopic (exact) mass is 328 g/mol. The van der Waals surface area contributed by atoms with Gasteiger partial charge in [-0.25, -0.2) is 0 Å². The van der Waals surface area contributed by atoms with Crippen molar-refractivity contribution in [3.63, 3.8) is 0 Å². The molecule has 1 unspecified atom stereocenters. The van der Waals surface area contributed by atoms with Gasteiger partial charge in [-0.15, -0.1) is 0 Å². The van der Waals surface area contributed by atoms with Crippen LogP contribution in [-0.4, -0.2) is 30.1 Å². The minimum absolute atomic E-state index is 0.0442. The van der Waals surface area contributed by atoms with Gasteiger partial charge in [0.25, 0.3) is 0 Å². The van der Waals surface area contributed by atoms with E-state index >= 15 is 0 Å². The van der Waals surface area contributed by atoms with E-state index in [1.165, 1.54) is 0 Å². The van der Waals surface area contributed by atoms with Crippen molar-refractivity contribution in [1.29, 1.82) is 0 Å². The molecule has 124 valence electrons. The Kier molecular flexibility index (Phi) is 3.60. The van der Waals surface area contributed by atoms with E-state index in [0.717, 1.165) is 0 Å². The third-order valence-electron chi connectivity index (χ3n) is 4.15. The Morgan fingerprint density at radius 3 is 2.96 bits per heavy atom. The molecule has 2 aliphatic heterocycles. The van der Waals surface area contributed by atoms with E-state index < -0.39 is 0 Å². The summed E-state index contributed by atoms with van der Waals surface area (Å²) in [5.74, 6) is 1.38. The molecular weight excluding hydrogens is 312 g/mol. The lowest BCUT2D eigenvalue weighted by molar-refractivity contribution is -0.128. The largest absolute Gasteiger partial charge is 0.467 e. The minimum atomic E-state index is -0.377. The Labute approximate surface area is 138 Å². The zero-order chi connectivity index (χ0) is 16.5. The molecule has 2 amide bonds. The van der Waals surface area contributed by atoms with Gasteiger partial charge >= 0.3 is 0 Å². The second-order valence-electron chi connectivity index (χ2n) is 5.81. The van der Waals surface area contributed by atoms with E-state index in [9.17, 15) is 9.59 Å². The number of carbonyl (C=O) groups excluding carboxylic acids is 2. The molecule has 1 N–H and O–H groups in total. The van der Waals surface area contributed by atoms with Crippen molar-refractivity contribution < 1.29 is 23.5 Å². The highest BCUT2D eigenvalue weighted by molar-refractivity contribution is 5.97. The van der Waals surface area contributed by atoms with Crippen LogP contribution in [0.15, 0.2) is 41.0 Å². The number of anilines is 1. The number of amides is 2. The van der Waals surface area contributed by atoms with E-state index in [0.29, 0.717) is 36.0 Å². The summed E-state index contributed by atoms with van der Waals surface area (Å²) in [6.07, 6.45) is 1.77. The second-order valence-corrected chi connectivity index (χ2v) is 5.81. The lowest BCUT2D eigenvalue weighted by Crippen LogP contribution is -2.27. The maximum atomic E-state index is 12.4. The van der Waals surface area contributed by atoms with E-state index in [-0.39, 0.29) is 30.9 Å². The van der Waals surface area contributed by atoms with Crippen LogP contribution < -0.4 is 14.8 Å². The number of nitrogens with zero attached hydrogens (tertiary/aromatic N) is 1. The number of nitrogens with one attached hydrogen (secondary N) is 1. The van der Waals surface area contributed by atoms with E-state index in [2.05, 4.69) is 5.32 Å². The SMILES string of the molecule is O=C(Nc1ccc2c(c1)OCO2)C1CC(=O)N(Cc2ccco2)C1. The van der Waals surface area contributed by atoms with Gasteiger partial charge in [-0.3, -0.25) is 9.59 Å². The zero-order valence-electron chi connectivity index (χ0n) is 12.9. The van der Waals surface area contributed by atoms with Gasteiger partial charge in [0.1, 0.15) is 5.76 Å². The fourth-order valence-corrected chi connectivity index (χ4v) is 2.91. The van der Waals surface area contributed by atoms with Gasteiger partial charge in [0.2, 0.25) is 18.6 Å². The average Bonchev–Trinajstić information content (AvgIpc) is 3.29. The molecule has 0 spiro atoms. The molecule has 7 heteroatoms. The number of benzene rings is 1. The Hall–Kier alpha value is -2.96.